The Balaban J connectivity index is 2.17. The van der Waals surface area contributed by atoms with Crippen LogP contribution in [0, 0.1) is 0 Å². The molecule has 1 aromatic carbocycles. The van der Waals surface area contributed by atoms with Crippen molar-refractivity contribution in [3.05, 3.63) is 53.1 Å². The SMILES string of the molecule is Clc1cccc2c1OCC=C2c1ncc[nH]1. The number of para-hydroxylation sites is 1. The highest BCUT2D eigenvalue weighted by Gasteiger charge is 2.18. The van der Waals surface area contributed by atoms with Crippen LogP contribution >= 0.6 is 11.6 Å². The average Bonchev–Trinajstić information content (AvgIpc) is 2.82. The summed E-state index contributed by atoms with van der Waals surface area (Å²) in [5.41, 5.74) is 2.02. The summed E-state index contributed by atoms with van der Waals surface area (Å²) in [6, 6.07) is 5.72. The van der Waals surface area contributed by atoms with Crippen LogP contribution in [-0.4, -0.2) is 16.6 Å². The minimum absolute atomic E-state index is 0.521. The molecule has 0 saturated carbocycles. The molecule has 16 heavy (non-hydrogen) atoms. The first kappa shape index (κ1) is 9.48. The molecule has 1 N–H and O–H groups in total. The maximum Gasteiger partial charge on any atom is 0.146 e. The Morgan fingerprint density at radius 1 is 1.38 bits per heavy atom. The van der Waals surface area contributed by atoms with E-state index < -0.39 is 0 Å². The van der Waals surface area contributed by atoms with E-state index in [0.717, 1.165) is 22.7 Å². The van der Waals surface area contributed by atoms with E-state index in [1.165, 1.54) is 0 Å². The molecule has 0 unspecified atom stereocenters. The number of benzene rings is 1. The third-order valence-corrected chi connectivity index (χ3v) is 2.82. The number of halogens is 1. The molecule has 0 atom stereocenters. The van der Waals surface area contributed by atoms with Gasteiger partial charge < -0.3 is 9.72 Å². The molecule has 1 aliphatic rings. The van der Waals surface area contributed by atoms with E-state index >= 15 is 0 Å². The van der Waals surface area contributed by atoms with Gasteiger partial charge in [0.05, 0.1) is 5.02 Å². The monoisotopic (exact) mass is 232 g/mol. The molecule has 0 aliphatic carbocycles. The van der Waals surface area contributed by atoms with Gasteiger partial charge in [-0.2, -0.15) is 0 Å². The minimum Gasteiger partial charge on any atom is -0.487 e. The Bertz CT molecular complexity index is 546. The second-order valence-corrected chi connectivity index (χ2v) is 3.89. The van der Waals surface area contributed by atoms with Gasteiger partial charge >= 0.3 is 0 Å². The first-order valence-corrected chi connectivity index (χ1v) is 5.35. The van der Waals surface area contributed by atoms with Gasteiger partial charge in [0.25, 0.3) is 0 Å². The quantitative estimate of drug-likeness (QED) is 0.821. The Morgan fingerprint density at radius 3 is 3.12 bits per heavy atom. The molecule has 4 heteroatoms. The largest absolute Gasteiger partial charge is 0.487 e. The lowest BCUT2D eigenvalue weighted by molar-refractivity contribution is 0.357. The summed E-state index contributed by atoms with van der Waals surface area (Å²) < 4.78 is 5.53. The van der Waals surface area contributed by atoms with Gasteiger partial charge in [0.15, 0.2) is 0 Å². The molecule has 80 valence electrons. The molecule has 3 nitrogen and oxygen atoms in total. The molecule has 2 heterocycles. The fourth-order valence-corrected chi connectivity index (χ4v) is 2.05. The summed E-state index contributed by atoms with van der Waals surface area (Å²) >= 11 is 6.09. The van der Waals surface area contributed by atoms with Gasteiger partial charge in [-0.1, -0.05) is 23.7 Å². The number of aromatic amines is 1. The van der Waals surface area contributed by atoms with Crippen LogP contribution in [0.4, 0.5) is 0 Å². The van der Waals surface area contributed by atoms with Gasteiger partial charge in [0, 0.05) is 23.5 Å². The minimum atomic E-state index is 0.521. The number of fused-ring (bicyclic) bond motifs is 1. The molecule has 3 rings (SSSR count). The highest BCUT2D eigenvalue weighted by molar-refractivity contribution is 6.32. The second-order valence-electron chi connectivity index (χ2n) is 3.48. The van der Waals surface area contributed by atoms with E-state index in [0.29, 0.717) is 11.6 Å². The number of aromatic nitrogens is 2. The summed E-state index contributed by atoms with van der Waals surface area (Å²) in [6.45, 7) is 0.521. The van der Waals surface area contributed by atoms with Gasteiger partial charge in [-0.05, 0) is 12.1 Å². The number of rotatable bonds is 1. The number of nitrogens with zero attached hydrogens (tertiary/aromatic N) is 1. The predicted molar refractivity (Wildman–Crippen MR) is 62.6 cm³/mol. The molecule has 0 bridgehead atoms. The van der Waals surface area contributed by atoms with Crippen LogP contribution < -0.4 is 4.74 Å². The van der Waals surface area contributed by atoms with Crippen molar-refractivity contribution >= 4 is 17.2 Å². The van der Waals surface area contributed by atoms with Gasteiger partial charge in [-0.3, -0.25) is 0 Å². The lowest BCUT2D eigenvalue weighted by atomic mass is 10.0. The molecule has 0 fully saturated rings. The van der Waals surface area contributed by atoms with E-state index in [1.54, 1.807) is 12.4 Å². The second kappa shape index (κ2) is 3.68. The number of H-pyrrole nitrogens is 1. The van der Waals surface area contributed by atoms with Gasteiger partial charge in [0.1, 0.15) is 18.2 Å². The molecular formula is C12H9ClN2O. The lowest BCUT2D eigenvalue weighted by Gasteiger charge is -2.18. The zero-order valence-electron chi connectivity index (χ0n) is 8.40. The summed E-state index contributed by atoms with van der Waals surface area (Å²) in [5, 5.41) is 0.634. The zero-order valence-corrected chi connectivity index (χ0v) is 9.16. The van der Waals surface area contributed by atoms with Crippen molar-refractivity contribution in [3.8, 4) is 5.75 Å². The van der Waals surface area contributed by atoms with Crippen LogP contribution in [0.2, 0.25) is 5.02 Å². The van der Waals surface area contributed by atoms with E-state index in [9.17, 15) is 0 Å². The maximum atomic E-state index is 6.09. The lowest BCUT2D eigenvalue weighted by Crippen LogP contribution is -2.06. The third-order valence-electron chi connectivity index (χ3n) is 2.53. The van der Waals surface area contributed by atoms with Gasteiger partial charge in [0.2, 0.25) is 0 Å². The topological polar surface area (TPSA) is 37.9 Å². The van der Waals surface area contributed by atoms with E-state index in [1.807, 2.05) is 24.3 Å². The molecular weight excluding hydrogens is 224 g/mol. The number of hydrogen-bond donors (Lipinski definition) is 1. The van der Waals surface area contributed by atoms with Crippen LogP contribution in [0.3, 0.4) is 0 Å². The van der Waals surface area contributed by atoms with Gasteiger partial charge in [-0.15, -0.1) is 0 Å². The van der Waals surface area contributed by atoms with Crippen LogP contribution in [0.25, 0.3) is 5.57 Å². The first-order chi connectivity index (χ1) is 7.86. The van der Waals surface area contributed by atoms with Crippen molar-refractivity contribution < 1.29 is 4.74 Å². The number of hydrogen-bond acceptors (Lipinski definition) is 2. The Labute approximate surface area is 97.7 Å². The summed E-state index contributed by atoms with van der Waals surface area (Å²) in [6.07, 6.45) is 5.53. The van der Waals surface area contributed by atoms with Crippen LogP contribution in [0.5, 0.6) is 5.75 Å². The normalized spacial score (nSPS) is 13.9. The molecule has 0 amide bonds. The smallest absolute Gasteiger partial charge is 0.146 e. The predicted octanol–water partition coefficient (Wildman–Crippen LogP) is 2.89. The van der Waals surface area contributed by atoms with E-state index in [2.05, 4.69) is 9.97 Å². The Morgan fingerprint density at radius 2 is 2.31 bits per heavy atom. The zero-order chi connectivity index (χ0) is 11.0. The Kier molecular flexibility index (Phi) is 2.18. The van der Waals surface area contributed by atoms with Gasteiger partial charge in [-0.25, -0.2) is 4.98 Å². The molecule has 2 aromatic rings. The van der Waals surface area contributed by atoms with E-state index in [4.69, 9.17) is 16.3 Å². The average molecular weight is 233 g/mol. The molecule has 1 aromatic heterocycles. The third kappa shape index (κ3) is 1.41. The highest BCUT2D eigenvalue weighted by Crippen LogP contribution is 2.37. The maximum absolute atomic E-state index is 6.09. The number of nitrogens with one attached hydrogen (secondary N) is 1. The standard InChI is InChI=1S/C12H9ClN2O/c13-10-3-1-2-8-9(4-7-16-11(8)10)12-14-5-6-15-12/h1-6H,7H2,(H,14,15). The molecule has 0 radical (unpaired) electrons. The first-order valence-electron chi connectivity index (χ1n) is 4.98. The highest BCUT2D eigenvalue weighted by atomic mass is 35.5. The van der Waals surface area contributed by atoms with Crippen molar-refractivity contribution in [2.24, 2.45) is 0 Å². The van der Waals surface area contributed by atoms with Crippen LogP contribution in [0.15, 0.2) is 36.7 Å². The van der Waals surface area contributed by atoms with Crippen molar-refractivity contribution in [3.63, 3.8) is 0 Å². The Hall–Kier alpha value is -1.74. The summed E-state index contributed by atoms with van der Waals surface area (Å²) in [4.78, 5) is 7.34. The summed E-state index contributed by atoms with van der Waals surface area (Å²) in [7, 11) is 0. The van der Waals surface area contributed by atoms with Crippen molar-refractivity contribution in [2.45, 2.75) is 0 Å². The fourth-order valence-electron chi connectivity index (χ4n) is 1.82. The number of ether oxygens (including phenoxy) is 1. The molecule has 1 aliphatic heterocycles. The number of imidazole rings is 1. The van der Waals surface area contributed by atoms with Crippen LogP contribution in [0.1, 0.15) is 11.4 Å². The summed E-state index contributed by atoms with van der Waals surface area (Å²) in [5.74, 6) is 1.57. The molecule has 0 saturated heterocycles. The van der Waals surface area contributed by atoms with Crippen LogP contribution in [-0.2, 0) is 0 Å². The van der Waals surface area contributed by atoms with E-state index in [-0.39, 0.29) is 0 Å². The van der Waals surface area contributed by atoms with Crippen molar-refractivity contribution in [1.82, 2.24) is 9.97 Å². The van der Waals surface area contributed by atoms with Crippen molar-refractivity contribution in [1.29, 1.82) is 0 Å². The fraction of sp³-hybridized carbons (Fsp3) is 0.0833. The molecule has 0 spiro atoms. The van der Waals surface area contributed by atoms with Crippen molar-refractivity contribution in [2.75, 3.05) is 6.61 Å².